The first-order chi connectivity index (χ1) is 12.7. The zero-order valence-electron chi connectivity index (χ0n) is 14.9. The van der Waals surface area contributed by atoms with E-state index in [1.165, 1.54) is 19.3 Å². The Balaban J connectivity index is 1.62. The molecule has 1 amide bonds. The average molecular weight is 371 g/mol. The number of carbonyl (C=O) groups excluding carboxylic acids is 1. The Kier molecular flexibility index (Phi) is 6.58. The summed E-state index contributed by atoms with van der Waals surface area (Å²) in [4.78, 5) is 12.4. The van der Waals surface area contributed by atoms with Gasteiger partial charge in [0.05, 0.1) is 0 Å². The summed E-state index contributed by atoms with van der Waals surface area (Å²) in [5.41, 5.74) is 8.91. The molecule has 0 saturated heterocycles. The van der Waals surface area contributed by atoms with Crippen LogP contribution in [0, 0.1) is 0 Å². The Morgan fingerprint density at radius 2 is 1.77 bits per heavy atom. The van der Waals surface area contributed by atoms with Gasteiger partial charge in [0.15, 0.2) is 0 Å². The van der Waals surface area contributed by atoms with Gasteiger partial charge in [-0.15, -0.1) is 0 Å². The average Bonchev–Trinajstić information content (AvgIpc) is 2.69. The summed E-state index contributed by atoms with van der Waals surface area (Å²) in [5, 5.41) is 3.24. The highest BCUT2D eigenvalue weighted by Crippen LogP contribution is 2.24. The Bertz CT molecular complexity index is 768. The molecule has 0 radical (unpaired) electrons. The number of nitrogens with two attached hydrogens (primary N) is 1. The molecular weight excluding hydrogens is 344 g/mol. The summed E-state index contributed by atoms with van der Waals surface area (Å²) >= 11 is 0. The minimum Gasteiger partial charge on any atom is -0.326 e. The van der Waals surface area contributed by atoms with Crippen LogP contribution in [-0.2, 0) is 23.1 Å². The van der Waals surface area contributed by atoms with Crippen LogP contribution in [0.25, 0.3) is 0 Å². The van der Waals surface area contributed by atoms with E-state index in [-0.39, 0.29) is 5.91 Å². The second-order valence-corrected chi connectivity index (χ2v) is 8.56. The van der Waals surface area contributed by atoms with Crippen LogP contribution < -0.4 is 11.1 Å². The molecular formula is C21H26N2O2S. The van der Waals surface area contributed by atoms with Crippen LogP contribution in [0.1, 0.15) is 53.6 Å². The van der Waals surface area contributed by atoms with Gasteiger partial charge in [-0.2, -0.15) is 0 Å². The lowest BCUT2D eigenvalue weighted by Gasteiger charge is -2.21. The third kappa shape index (κ3) is 5.02. The van der Waals surface area contributed by atoms with Crippen molar-refractivity contribution in [2.24, 2.45) is 5.73 Å². The zero-order chi connectivity index (χ0) is 18.4. The monoisotopic (exact) mass is 370 g/mol. The Hall–Kier alpha value is -1.98. The maximum atomic E-state index is 12.6. The van der Waals surface area contributed by atoms with E-state index < -0.39 is 10.8 Å². The predicted octanol–water partition coefficient (Wildman–Crippen LogP) is 3.98. The zero-order valence-corrected chi connectivity index (χ0v) is 15.8. The van der Waals surface area contributed by atoms with Gasteiger partial charge < -0.3 is 11.1 Å². The molecule has 0 spiro atoms. The number of anilines is 1. The number of nitrogens with one attached hydrogen (secondary N) is 1. The van der Waals surface area contributed by atoms with Crippen molar-refractivity contribution in [3.05, 3.63) is 65.2 Å². The molecule has 1 aliphatic carbocycles. The Labute approximate surface area is 157 Å². The fourth-order valence-electron chi connectivity index (χ4n) is 3.34. The highest BCUT2D eigenvalue weighted by atomic mass is 32.2. The molecule has 26 heavy (non-hydrogen) atoms. The predicted molar refractivity (Wildman–Crippen MR) is 107 cm³/mol. The van der Waals surface area contributed by atoms with E-state index in [4.69, 9.17) is 5.73 Å². The van der Waals surface area contributed by atoms with Crippen LogP contribution in [0.2, 0.25) is 0 Å². The first-order valence-corrected chi connectivity index (χ1v) is 10.6. The SMILES string of the molecule is NCc1ccc(C(=O)Nc2cccc(CS(=O)C3CCCCC3)c2)cc1. The van der Waals surface area contributed by atoms with E-state index in [1.54, 1.807) is 12.1 Å². The fourth-order valence-corrected chi connectivity index (χ4v) is 4.95. The second-order valence-electron chi connectivity index (χ2n) is 6.84. The summed E-state index contributed by atoms with van der Waals surface area (Å²) in [7, 11) is -0.843. The Morgan fingerprint density at radius 3 is 2.46 bits per heavy atom. The number of carbonyl (C=O) groups is 1. The summed E-state index contributed by atoms with van der Waals surface area (Å²) in [6.07, 6.45) is 5.79. The summed E-state index contributed by atoms with van der Waals surface area (Å²) in [5.74, 6) is 0.402. The minimum atomic E-state index is -0.843. The highest BCUT2D eigenvalue weighted by Gasteiger charge is 2.20. The van der Waals surface area contributed by atoms with E-state index in [0.29, 0.717) is 23.1 Å². The number of hydrogen-bond donors (Lipinski definition) is 2. The number of rotatable bonds is 6. The van der Waals surface area contributed by atoms with Crippen LogP contribution in [0.5, 0.6) is 0 Å². The van der Waals surface area contributed by atoms with Gasteiger partial charge in [0.2, 0.25) is 0 Å². The molecule has 1 unspecified atom stereocenters. The van der Waals surface area contributed by atoms with Crippen LogP contribution in [0.4, 0.5) is 5.69 Å². The van der Waals surface area contributed by atoms with Gasteiger partial charge >= 0.3 is 0 Å². The first-order valence-electron chi connectivity index (χ1n) is 9.22. The van der Waals surface area contributed by atoms with E-state index in [1.807, 2.05) is 36.4 Å². The molecule has 0 aromatic heterocycles. The molecule has 3 rings (SSSR count). The van der Waals surface area contributed by atoms with Crippen molar-refractivity contribution in [2.45, 2.75) is 49.7 Å². The van der Waals surface area contributed by atoms with E-state index in [9.17, 15) is 9.00 Å². The molecule has 0 bridgehead atoms. The minimum absolute atomic E-state index is 0.154. The normalized spacial score (nSPS) is 16.2. The number of hydrogen-bond acceptors (Lipinski definition) is 3. The lowest BCUT2D eigenvalue weighted by atomic mass is 10.0. The van der Waals surface area contributed by atoms with Crippen molar-refractivity contribution < 1.29 is 9.00 Å². The number of benzene rings is 2. The van der Waals surface area contributed by atoms with Crippen LogP contribution in [0.3, 0.4) is 0 Å². The fraction of sp³-hybridized carbons (Fsp3) is 0.381. The van der Waals surface area contributed by atoms with Gasteiger partial charge in [-0.3, -0.25) is 9.00 Å². The van der Waals surface area contributed by atoms with Gasteiger partial charge in [0.1, 0.15) is 0 Å². The van der Waals surface area contributed by atoms with Gasteiger partial charge in [-0.1, -0.05) is 43.5 Å². The van der Waals surface area contributed by atoms with Crippen LogP contribution in [-0.4, -0.2) is 15.4 Å². The quantitative estimate of drug-likeness (QED) is 0.808. The lowest BCUT2D eigenvalue weighted by Crippen LogP contribution is -2.20. The van der Waals surface area contributed by atoms with Gasteiger partial charge in [0, 0.05) is 39.6 Å². The first kappa shape index (κ1) is 18.8. The van der Waals surface area contributed by atoms with Gasteiger partial charge in [-0.25, -0.2) is 0 Å². The molecule has 3 N–H and O–H groups in total. The van der Waals surface area contributed by atoms with Gasteiger partial charge in [0.25, 0.3) is 5.91 Å². The molecule has 1 aliphatic rings. The number of amides is 1. The standard InChI is InChI=1S/C21H26N2O2S/c22-14-16-9-11-18(12-10-16)21(24)23-19-6-4-5-17(13-19)15-26(25)20-7-2-1-3-8-20/h4-6,9-13,20H,1-3,7-8,14-15,22H2,(H,23,24). The van der Waals surface area contributed by atoms with Crippen molar-refractivity contribution >= 4 is 22.4 Å². The molecule has 2 aromatic rings. The van der Waals surface area contributed by atoms with E-state index >= 15 is 0 Å². The molecule has 5 heteroatoms. The van der Waals surface area contributed by atoms with Crippen LogP contribution in [0.15, 0.2) is 48.5 Å². The largest absolute Gasteiger partial charge is 0.326 e. The summed E-state index contributed by atoms with van der Waals surface area (Å²) in [6, 6.07) is 14.9. The molecule has 1 saturated carbocycles. The maximum Gasteiger partial charge on any atom is 0.255 e. The molecule has 0 aliphatic heterocycles. The van der Waals surface area contributed by atoms with Crippen molar-refractivity contribution in [3.63, 3.8) is 0 Å². The molecule has 1 atom stereocenters. The topological polar surface area (TPSA) is 72.2 Å². The van der Waals surface area contributed by atoms with Crippen molar-refractivity contribution in [1.29, 1.82) is 0 Å². The third-order valence-corrected chi connectivity index (χ3v) is 6.70. The molecule has 4 nitrogen and oxygen atoms in total. The molecule has 0 heterocycles. The maximum absolute atomic E-state index is 12.6. The van der Waals surface area contributed by atoms with Crippen molar-refractivity contribution in [1.82, 2.24) is 0 Å². The van der Waals surface area contributed by atoms with Gasteiger partial charge in [-0.05, 0) is 48.2 Å². The van der Waals surface area contributed by atoms with E-state index in [2.05, 4.69) is 5.32 Å². The molecule has 2 aromatic carbocycles. The highest BCUT2D eigenvalue weighted by molar-refractivity contribution is 7.84. The summed E-state index contributed by atoms with van der Waals surface area (Å²) < 4.78 is 12.6. The van der Waals surface area contributed by atoms with E-state index in [0.717, 1.165) is 29.7 Å². The second kappa shape index (κ2) is 9.10. The van der Waals surface area contributed by atoms with Crippen molar-refractivity contribution in [3.8, 4) is 0 Å². The smallest absolute Gasteiger partial charge is 0.255 e. The summed E-state index contributed by atoms with van der Waals surface area (Å²) in [6.45, 7) is 0.460. The van der Waals surface area contributed by atoms with Crippen LogP contribution >= 0.6 is 0 Å². The Morgan fingerprint density at radius 1 is 1.04 bits per heavy atom. The van der Waals surface area contributed by atoms with Crippen molar-refractivity contribution in [2.75, 3.05) is 5.32 Å². The third-order valence-electron chi connectivity index (χ3n) is 4.87. The molecule has 1 fully saturated rings. The lowest BCUT2D eigenvalue weighted by molar-refractivity contribution is 0.102. The molecule has 138 valence electrons.